The molecule has 0 aromatic heterocycles. The van der Waals surface area contributed by atoms with Crippen molar-refractivity contribution in [2.24, 2.45) is 0 Å². The van der Waals surface area contributed by atoms with E-state index < -0.39 is 0 Å². The molecule has 0 fully saturated rings. The predicted molar refractivity (Wildman–Crippen MR) is 127 cm³/mol. The highest BCUT2D eigenvalue weighted by molar-refractivity contribution is 6.04. The Labute approximate surface area is 178 Å². The van der Waals surface area contributed by atoms with Crippen molar-refractivity contribution in [1.82, 2.24) is 0 Å². The first-order valence-electron chi connectivity index (χ1n) is 9.79. The summed E-state index contributed by atoms with van der Waals surface area (Å²) in [5.74, 6) is 5.41. The van der Waals surface area contributed by atoms with Crippen molar-refractivity contribution < 1.29 is 0 Å². The van der Waals surface area contributed by atoms with E-state index in [4.69, 9.17) is 12.8 Å². The van der Waals surface area contributed by atoms with Gasteiger partial charge in [0.2, 0.25) is 0 Å². The van der Waals surface area contributed by atoms with Gasteiger partial charge in [-0.3, -0.25) is 0 Å². The van der Waals surface area contributed by atoms with Gasteiger partial charge in [-0.05, 0) is 57.7 Å². The second kappa shape index (κ2) is 8.83. The van der Waals surface area contributed by atoms with Crippen molar-refractivity contribution in [2.45, 2.75) is 0 Å². The Morgan fingerprint density at radius 2 is 0.700 bits per heavy atom. The van der Waals surface area contributed by atoms with E-state index in [0.717, 1.165) is 44.5 Å². The third-order valence-corrected chi connectivity index (χ3v) is 5.06. The second-order valence-electron chi connectivity index (χ2n) is 6.93. The zero-order chi connectivity index (χ0) is 20.8. The Bertz CT molecular complexity index is 1140. The van der Waals surface area contributed by atoms with Crippen LogP contribution in [0.15, 0.2) is 109 Å². The van der Waals surface area contributed by atoms with Crippen molar-refractivity contribution >= 4 is 11.1 Å². The highest BCUT2D eigenvalue weighted by atomic mass is 14.2. The zero-order valence-corrected chi connectivity index (χ0v) is 16.5. The van der Waals surface area contributed by atoms with Crippen LogP contribution < -0.4 is 0 Å². The van der Waals surface area contributed by atoms with Gasteiger partial charge < -0.3 is 0 Å². The molecule has 0 saturated heterocycles. The van der Waals surface area contributed by atoms with Crippen LogP contribution in [0.5, 0.6) is 0 Å². The monoisotopic (exact) mass is 380 g/mol. The molecule has 140 valence electrons. The van der Waals surface area contributed by atoms with E-state index >= 15 is 0 Å². The van der Waals surface area contributed by atoms with Crippen molar-refractivity contribution in [3.05, 3.63) is 143 Å². The summed E-state index contributed by atoms with van der Waals surface area (Å²) in [4.78, 5) is 0. The molecule has 0 saturated carbocycles. The van der Waals surface area contributed by atoms with E-state index in [1.165, 1.54) is 0 Å². The van der Waals surface area contributed by atoms with Crippen LogP contribution in [0.1, 0.15) is 33.4 Å². The molecular weight excluding hydrogens is 360 g/mol. The van der Waals surface area contributed by atoms with Crippen LogP contribution in [0.25, 0.3) is 11.1 Å². The minimum atomic E-state index is 0.866. The molecule has 0 aliphatic carbocycles. The number of hydrogen-bond acceptors (Lipinski definition) is 0. The Morgan fingerprint density at radius 3 is 1.00 bits per heavy atom. The quantitative estimate of drug-likeness (QED) is 0.274. The fourth-order valence-corrected chi connectivity index (χ4v) is 3.59. The molecule has 30 heavy (non-hydrogen) atoms. The standard InChI is InChI=1S/C30H20/c1-3-23-15-19-27(20-16-23)29(25-11-7-5-8-12-25)30(26-13-9-6-10-14-26)28-21-17-24(4-2)18-22-28/h1-2,5-22H. The molecule has 0 N–H and O–H groups in total. The topological polar surface area (TPSA) is 0 Å². The van der Waals surface area contributed by atoms with Crippen LogP contribution in [0.2, 0.25) is 0 Å². The Hall–Kier alpha value is -4.26. The van der Waals surface area contributed by atoms with Gasteiger partial charge in [0.1, 0.15) is 0 Å². The predicted octanol–water partition coefficient (Wildman–Crippen LogP) is 6.66. The molecule has 4 aromatic carbocycles. The maximum Gasteiger partial charge on any atom is 0.0243 e. The molecule has 0 aliphatic heterocycles. The van der Waals surface area contributed by atoms with Gasteiger partial charge in [-0.25, -0.2) is 0 Å². The molecule has 0 aliphatic rings. The zero-order valence-electron chi connectivity index (χ0n) is 16.5. The summed E-state index contributed by atoms with van der Waals surface area (Å²) in [5.41, 5.74) is 8.55. The van der Waals surface area contributed by atoms with Crippen LogP contribution in [-0.4, -0.2) is 0 Å². The van der Waals surface area contributed by atoms with E-state index in [0.29, 0.717) is 0 Å². The van der Waals surface area contributed by atoms with Gasteiger partial charge in [0.25, 0.3) is 0 Å². The fourth-order valence-electron chi connectivity index (χ4n) is 3.59. The van der Waals surface area contributed by atoms with Gasteiger partial charge in [0.15, 0.2) is 0 Å². The van der Waals surface area contributed by atoms with Gasteiger partial charge in [0.05, 0.1) is 0 Å². The Morgan fingerprint density at radius 1 is 0.400 bits per heavy atom. The first-order valence-corrected chi connectivity index (χ1v) is 9.79. The number of benzene rings is 4. The summed E-state index contributed by atoms with van der Waals surface area (Å²) >= 11 is 0. The van der Waals surface area contributed by atoms with E-state index in [9.17, 15) is 0 Å². The Balaban J connectivity index is 2.06. The molecule has 0 amide bonds. The van der Waals surface area contributed by atoms with Gasteiger partial charge >= 0.3 is 0 Å². The van der Waals surface area contributed by atoms with Crippen LogP contribution in [-0.2, 0) is 0 Å². The molecule has 0 nitrogen and oxygen atoms in total. The second-order valence-corrected chi connectivity index (χ2v) is 6.93. The highest BCUT2D eigenvalue weighted by Gasteiger charge is 2.16. The summed E-state index contributed by atoms with van der Waals surface area (Å²) in [6, 6.07) is 37.2. The van der Waals surface area contributed by atoms with E-state index in [1.54, 1.807) is 0 Å². The van der Waals surface area contributed by atoms with E-state index in [1.807, 2.05) is 36.4 Å². The maximum atomic E-state index is 5.58. The molecule has 0 heteroatoms. The third kappa shape index (κ3) is 3.95. The molecule has 0 heterocycles. The van der Waals surface area contributed by atoms with Crippen LogP contribution in [0.4, 0.5) is 0 Å². The number of rotatable bonds is 4. The van der Waals surface area contributed by atoms with Gasteiger partial charge in [-0.15, -0.1) is 12.8 Å². The fraction of sp³-hybridized carbons (Fsp3) is 0. The number of terminal acetylenes is 2. The van der Waals surface area contributed by atoms with Gasteiger partial charge in [0, 0.05) is 11.1 Å². The first-order chi connectivity index (χ1) is 14.8. The SMILES string of the molecule is C#Cc1ccc(C(=C(c2ccccc2)c2ccc(C#C)cc2)c2ccccc2)cc1. The van der Waals surface area contributed by atoms with Gasteiger partial charge in [-0.2, -0.15) is 0 Å². The van der Waals surface area contributed by atoms with Crippen LogP contribution in [0, 0.1) is 24.7 Å². The lowest BCUT2D eigenvalue weighted by Gasteiger charge is -2.18. The summed E-state index contributed by atoms with van der Waals surface area (Å²) in [6.45, 7) is 0. The lowest BCUT2D eigenvalue weighted by Crippen LogP contribution is -1.97. The first kappa shape index (κ1) is 19.1. The normalized spacial score (nSPS) is 11.1. The van der Waals surface area contributed by atoms with E-state index in [2.05, 4.69) is 84.6 Å². The molecule has 0 unspecified atom stereocenters. The number of hydrogen-bond donors (Lipinski definition) is 0. The third-order valence-electron chi connectivity index (χ3n) is 5.06. The molecule has 0 bridgehead atoms. The largest absolute Gasteiger partial charge is 0.115 e. The van der Waals surface area contributed by atoms with Crippen molar-refractivity contribution in [3.63, 3.8) is 0 Å². The van der Waals surface area contributed by atoms with Crippen molar-refractivity contribution in [1.29, 1.82) is 0 Å². The van der Waals surface area contributed by atoms with Crippen molar-refractivity contribution in [3.8, 4) is 24.7 Å². The van der Waals surface area contributed by atoms with Crippen molar-refractivity contribution in [2.75, 3.05) is 0 Å². The minimum absolute atomic E-state index is 0.866. The summed E-state index contributed by atoms with van der Waals surface area (Å²) < 4.78 is 0. The van der Waals surface area contributed by atoms with E-state index in [-0.39, 0.29) is 0 Å². The summed E-state index contributed by atoms with van der Waals surface area (Å²) in [7, 11) is 0. The molecule has 0 radical (unpaired) electrons. The molecular formula is C30H20. The molecule has 0 spiro atoms. The smallest absolute Gasteiger partial charge is 0.0243 e. The van der Waals surface area contributed by atoms with Crippen LogP contribution >= 0.6 is 0 Å². The Kier molecular flexibility index (Phi) is 5.61. The maximum absolute atomic E-state index is 5.58. The lowest BCUT2D eigenvalue weighted by atomic mass is 9.85. The average Bonchev–Trinajstić information content (AvgIpc) is 2.84. The average molecular weight is 380 g/mol. The lowest BCUT2D eigenvalue weighted by molar-refractivity contribution is 1.49. The van der Waals surface area contributed by atoms with Crippen LogP contribution in [0.3, 0.4) is 0 Å². The summed E-state index contributed by atoms with van der Waals surface area (Å²) in [6.07, 6.45) is 11.2. The minimum Gasteiger partial charge on any atom is -0.115 e. The van der Waals surface area contributed by atoms with Gasteiger partial charge in [-0.1, -0.05) is 96.8 Å². The molecule has 0 atom stereocenters. The molecule has 4 rings (SSSR count). The molecule has 4 aromatic rings. The summed E-state index contributed by atoms with van der Waals surface area (Å²) in [5, 5.41) is 0. The highest BCUT2D eigenvalue weighted by Crippen LogP contribution is 2.36.